The third-order valence-electron chi connectivity index (χ3n) is 5.85. The lowest BCUT2D eigenvalue weighted by Crippen LogP contribution is -2.62. The maximum atomic E-state index is 13.7. The topological polar surface area (TPSA) is 133 Å². The molecule has 4 N–H and O–H groups in total. The van der Waals surface area contributed by atoms with Gasteiger partial charge < -0.3 is 16.0 Å². The second-order valence-corrected chi connectivity index (χ2v) is 7.97. The van der Waals surface area contributed by atoms with Crippen LogP contribution < -0.4 is 16.4 Å². The Morgan fingerprint density at radius 2 is 2.23 bits per heavy atom. The molecule has 0 aliphatic carbocycles. The predicted octanol–water partition coefficient (Wildman–Crippen LogP) is 0.223. The lowest BCUT2D eigenvalue weighted by molar-refractivity contribution is -0.132. The number of hydrogen-bond acceptors (Lipinski definition) is 8. The summed E-state index contributed by atoms with van der Waals surface area (Å²) in [5, 5.41) is 8.60. The second kappa shape index (κ2) is 9.54. The largest absolute Gasteiger partial charge is 0.346 e. The molecule has 11 heteroatoms. The maximum Gasteiger partial charge on any atom is 0.234 e. The number of anilines is 1. The molecule has 10 nitrogen and oxygen atoms in total. The van der Waals surface area contributed by atoms with Crippen molar-refractivity contribution in [2.45, 2.75) is 37.3 Å². The van der Waals surface area contributed by atoms with Crippen molar-refractivity contribution in [3.05, 3.63) is 28.9 Å². The van der Waals surface area contributed by atoms with E-state index in [1.807, 2.05) is 0 Å². The van der Waals surface area contributed by atoms with E-state index in [-0.39, 0.29) is 24.9 Å². The molecule has 2 aliphatic rings. The third kappa shape index (κ3) is 4.79. The number of nitrogens with two attached hydrogens (primary N) is 1. The van der Waals surface area contributed by atoms with Crippen LogP contribution >= 0.6 is 0 Å². The highest BCUT2D eigenvalue weighted by Crippen LogP contribution is 2.33. The number of pyridine rings is 1. The standard InChI is InChI=1S/C19H28FN7O3/c1-26-6-4-11(7-15(26)28)13-3-5-22-9-14(13)24-19(29)16(17(21)25-30)18-23-8-12(20)10-27(18)2/h3,5,9,11-12,16-18,23H,4,6-8,10,21H2,1-2H3,(H,24,29). The summed E-state index contributed by atoms with van der Waals surface area (Å²) < 4.78 is 13.7. The van der Waals surface area contributed by atoms with Gasteiger partial charge in [0, 0.05) is 39.3 Å². The normalized spacial score (nSPS) is 27.4. The van der Waals surface area contributed by atoms with Gasteiger partial charge in [-0.05, 0) is 31.0 Å². The molecule has 2 amide bonds. The van der Waals surface area contributed by atoms with Crippen LogP contribution in [0.1, 0.15) is 24.3 Å². The van der Waals surface area contributed by atoms with E-state index in [1.165, 1.54) is 6.20 Å². The maximum absolute atomic E-state index is 13.7. The number of piperidine rings is 1. The first-order valence-electron chi connectivity index (χ1n) is 9.96. The molecule has 0 radical (unpaired) electrons. The zero-order valence-electron chi connectivity index (χ0n) is 17.1. The van der Waals surface area contributed by atoms with Gasteiger partial charge in [-0.15, -0.1) is 4.91 Å². The van der Waals surface area contributed by atoms with E-state index in [0.717, 1.165) is 12.0 Å². The number of aromatic nitrogens is 1. The van der Waals surface area contributed by atoms with Crippen LogP contribution in [-0.4, -0.2) is 78.8 Å². The van der Waals surface area contributed by atoms with Gasteiger partial charge in [-0.1, -0.05) is 5.18 Å². The summed E-state index contributed by atoms with van der Waals surface area (Å²) in [6.07, 6.45) is 1.19. The van der Waals surface area contributed by atoms with Crippen molar-refractivity contribution in [1.29, 1.82) is 0 Å². The predicted molar refractivity (Wildman–Crippen MR) is 109 cm³/mol. The van der Waals surface area contributed by atoms with Gasteiger partial charge in [-0.3, -0.25) is 24.8 Å². The lowest BCUT2D eigenvalue weighted by atomic mass is 9.88. The Bertz CT molecular complexity index is 795. The van der Waals surface area contributed by atoms with E-state index in [1.54, 1.807) is 36.2 Å². The third-order valence-corrected chi connectivity index (χ3v) is 5.85. The molecule has 3 rings (SSSR count). The molecule has 0 aromatic carbocycles. The number of nitrogens with one attached hydrogen (secondary N) is 2. The van der Waals surface area contributed by atoms with Crippen molar-refractivity contribution >= 4 is 17.5 Å². The molecule has 0 bridgehead atoms. The quantitative estimate of drug-likeness (QED) is 0.560. The number of nitroso groups, excluding NO2 is 1. The molecule has 1 aromatic rings. The molecular weight excluding hydrogens is 393 g/mol. The number of alkyl halides is 1. The Morgan fingerprint density at radius 1 is 1.47 bits per heavy atom. The number of rotatable bonds is 6. The van der Waals surface area contributed by atoms with Crippen molar-refractivity contribution in [3.63, 3.8) is 0 Å². The summed E-state index contributed by atoms with van der Waals surface area (Å²) >= 11 is 0. The van der Waals surface area contributed by atoms with E-state index in [9.17, 15) is 18.9 Å². The second-order valence-electron chi connectivity index (χ2n) is 7.97. The number of likely N-dealkylation sites (tertiary alicyclic amines) is 1. The van der Waals surface area contributed by atoms with Crippen molar-refractivity contribution in [2.75, 3.05) is 39.0 Å². The minimum Gasteiger partial charge on any atom is -0.346 e. The highest BCUT2D eigenvalue weighted by molar-refractivity contribution is 5.94. The van der Waals surface area contributed by atoms with Gasteiger partial charge in [0.05, 0.1) is 18.1 Å². The Balaban J connectivity index is 1.81. The fourth-order valence-corrected chi connectivity index (χ4v) is 4.14. The van der Waals surface area contributed by atoms with Crippen molar-refractivity contribution < 1.29 is 14.0 Å². The Hall–Kier alpha value is -2.50. The van der Waals surface area contributed by atoms with Crippen LogP contribution in [0.4, 0.5) is 10.1 Å². The van der Waals surface area contributed by atoms with Gasteiger partial charge in [0.15, 0.2) is 6.17 Å². The zero-order valence-corrected chi connectivity index (χ0v) is 17.1. The minimum atomic E-state index is -1.31. The Labute approximate surface area is 174 Å². The van der Waals surface area contributed by atoms with Crippen LogP contribution in [-0.2, 0) is 9.59 Å². The van der Waals surface area contributed by atoms with Crippen LogP contribution in [0.3, 0.4) is 0 Å². The van der Waals surface area contributed by atoms with Crippen molar-refractivity contribution in [1.82, 2.24) is 20.1 Å². The number of amides is 2. The molecule has 2 fully saturated rings. The average Bonchev–Trinajstić information content (AvgIpc) is 2.72. The van der Waals surface area contributed by atoms with Gasteiger partial charge in [0.2, 0.25) is 11.8 Å². The smallest absolute Gasteiger partial charge is 0.234 e. The van der Waals surface area contributed by atoms with Crippen molar-refractivity contribution in [3.8, 4) is 0 Å². The minimum absolute atomic E-state index is 0.0409. The Morgan fingerprint density at radius 3 is 2.90 bits per heavy atom. The number of nitrogens with zero attached hydrogens (tertiary/aromatic N) is 4. The van der Waals surface area contributed by atoms with Crippen LogP contribution in [0.25, 0.3) is 0 Å². The van der Waals surface area contributed by atoms with E-state index >= 15 is 0 Å². The fraction of sp³-hybridized carbons (Fsp3) is 0.632. The van der Waals surface area contributed by atoms with Gasteiger partial charge in [0.25, 0.3) is 0 Å². The van der Waals surface area contributed by atoms with Crippen LogP contribution in [0.2, 0.25) is 0 Å². The number of halogens is 1. The molecule has 3 heterocycles. The SMILES string of the molecule is CN1CCC(c2ccncc2NC(=O)C(C(N)N=O)C2NCC(F)CN2C)CC1=O. The average molecular weight is 421 g/mol. The molecule has 1 aromatic heterocycles. The first kappa shape index (κ1) is 22.2. The first-order chi connectivity index (χ1) is 14.3. The monoisotopic (exact) mass is 421 g/mol. The summed E-state index contributed by atoms with van der Waals surface area (Å²) in [5.74, 6) is -1.56. The number of carbonyl (C=O) groups is 2. The molecule has 2 saturated heterocycles. The summed E-state index contributed by atoms with van der Waals surface area (Å²) in [6, 6.07) is 1.78. The van der Waals surface area contributed by atoms with Gasteiger partial charge >= 0.3 is 0 Å². The van der Waals surface area contributed by atoms with E-state index in [4.69, 9.17) is 5.73 Å². The van der Waals surface area contributed by atoms with Crippen LogP contribution in [0.5, 0.6) is 0 Å². The summed E-state index contributed by atoms with van der Waals surface area (Å²) in [7, 11) is 3.42. The lowest BCUT2D eigenvalue weighted by Gasteiger charge is -2.40. The Kier molecular flexibility index (Phi) is 7.06. The van der Waals surface area contributed by atoms with E-state index in [2.05, 4.69) is 20.8 Å². The molecule has 164 valence electrons. The molecule has 30 heavy (non-hydrogen) atoms. The number of carbonyl (C=O) groups excluding carboxylic acids is 2. The molecule has 5 atom stereocenters. The number of hydrogen-bond donors (Lipinski definition) is 3. The first-order valence-corrected chi connectivity index (χ1v) is 9.96. The van der Waals surface area contributed by atoms with Gasteiger partial charge in [-0.25, -0.2) is 4.39 Å². The van der Waals surface area contributed by atoms with Gasteiger partial charge in [0.1, 0.15) is 12.1 Å². The van der Waals surface area contributed by atoms with Gasteiger partial charge in [-0.2, -0.15) is 0 Å². The summed E-state index contributed by atoms with van der Waals surface area (Å²) in [5.41, 5.74) is 7.12. The molecule has 0 spiro atoms. The molecular formula is C19H28FN7O3. The molecule has 0 saturated carbocycles. The molecule has 5 unspecified atom stereocenters. The van der Waals surface area contributed by atoms with E-state index in [0.29, 0.717) is 18.7 Å². The highest BCUT2D eigenvalue weighted by atomic mass is 19.1. The zero-order chi connectivity index (χ0) is 21.8. The summed E-state index contributed by atoms with van der Waals surface area (Å²) in [6.45, 7) is 0.798. The molecule has 2 aliphatic heterocycles. The van der Waals surface area contributed by atoms with Crippen molar-refractivity contribution in [2.24, 2.45) is 16.8 Å². The highest BCUT2D eigenvalue weighted by Gasteiger charge is 2.40. The summed E-state index contributed by atoms with van der Waals surface area (Å²) in [4.78, 5) is 43.8. The van der Waals surface area contributed by atoms with Crippen LogP contribution in [0.15, 0.2) is 23.6 Å². The van der Waals surface area contributed by atoms with E-state index < -0.39 is 30.3 Å². The fourth-order valence-electron chi connectivity index (χ4n) is 4.14. The van der Waals surface area contributed by atoms with Crippen LogP contribution in [0, 0.1) is 10.8 Å².